The summed E-state index contributed by atoms with van der Waals surface area (Å²) in [4.78, 5) is 20.3. The van der Waals surface area contributed by atoms with Crippen molar-refractivity contribution in [2.45, 2.75) is 10.2 Å². The highest BCUT2D eigenvalue weighted by atomic mass is 32.2. The molecule has 3 rings (SSSR count). The highest BCUT2D eigenvalue weighted by molar-refractivity contribution is 7.99. The molecule has 0 spiro atoms. The second kappa shape index (κ2) is 4.98. The maximum atomic E-state index is 5.67. The molecule has 0 aliphatic carbocycles. The van der Waals surface area contributed by atoms with E-state index in [1.165, 1.54) is 22.8 Å². The molecule has 3 aromatic heterocycles. The summed E-state index contributed by atoms with van der Waals surface area (Å²) in [5.74, 6) is 0.506. The monoisotopic (exact) mass is 272 g/mol. The number of anilines is 1. The highest BCUT2D eigenvalue weighted by Crippen LogP contribution is 2.22. The zero-order valence-corrected chi connectivity index (χ0v) is 10.4. The molecule has 0 saturated heterocycles. The van der Waals surface area contributed by atoms with Gasteiger partial charge in [-0.15, -0.1) is 0 Å². The topological polar surface area (TPSA) is 108 Å². The third kappa shape index (κ3) is 2.65. The molecule has 9 heteroatoms. The van der Waals surface area contributed by atoms with E-state index < -0.39 is 0 Å². The lowest BCUT2D eigenvalue weighted by Gasteiger charge is -2.03. The highest BCUT2D eigenvalue weighted by Gasteiger charge is 2.08. The molecule has 94 valence electrons. The Kier molecular flexibility index (Phi) is 3.02. The van der Waals surface area contributed by atoms with Crippen LogP contribution in [-0.4, -0.2) is 34.7 Å². The van der Waals surface area contributed by atoms with Gasteiger partial charge in [-0.1, -0.05) is 0 Å². The molecule has 3 heterocycles. The minimum absolute atomic E-state index is 0.136. The van der Waals surface area contributed by atoms with Crippen molar-refractivity contribution in [3.05, 3.63) is 37.1 Å². The van der Waals surface area contributed by atoms with Crippen LogP contribution in [-0.2, 0) is 0 Å². The normalized spacial score (nSPS) is 10.5. The number of hydrogen-bond acceptors (Lipinski definition) is 8. The van der Waals surface area contributed by atoms with Gasteiger partial charge in [0.1, 0.15) is 11.4 Å². The van der Waals surface area contributed by atoms with Crippen LogP contribution in [0.4, 0.5) is 5.95 Å². The SMILES string of the molecule is Nc1nc(Sc2ccncn2)nc(-n2cccn2)n1. The molecule has 19 heavy (non-hydrogen) atoms. The van der Waals surface area contributed by atoms with E-state index in [0.717, 1.165) is 5.03 Å². The van der Waals surface area contributed by atoms with E-state index in [-0.39, 0.29) is 5.95 Å². The number of nitrogens with zero attached hydrogens (tertiary/aromatic N) is 7. The number of rotatable bonds is 3. The average Bonchev–Trinajstić information content (AvgIpc) is 2.93. The van der Waals surface area contributed by atoms with Crippen molar-refractivity contribution < 1.29 is 0 Å². The van der Waals surface area contributed by atoms with E-state index in [4.69, 9.17) is 5.73 Å². The summed E-state index contributed by atoms with van der Waals surface area (Å²) < 4.78 is 1.52. The van der Waals surface area contributed by atoms with E-state index >= 15 is 0 Å². The van der Waals surface area contributed by atoms with Crippen LogP contribution < -0.4 is 5.73 Å². The van der Waals surface area contributed by atoms with Gasteiger partial charge in [0.15, 0.2) is 0 Å². The molecule has 8 nitrogen and oxygen atoms in total. The summed E-state index contributed by atoms with van der Waals surface area (Å²) in [6.07, 6.45) is 6.47. The predicted molar refractivity (Wildman–Crippen MR) is 67.5 cm³/mol. The molecule has 0 aliphatic heterocycles. The molecule has 0 unspecified atom stereocenters. The average molecular weight is 272 g/mol. The number of nitrogen functional groups attached to an aromatic ring is 1. The summed E-state index contributed by atoms with van der Waals surface area (Å²) in [5, 5.41) is 5.23. The summed E-state index contributed by atoms with van der Waals surface area (Å²) in [7, 11) is 0. The lowest BCUT2D eigenvalue weighted by Crippen LogP contribution is -2.07. The number of aromatic nitrogens is 7. The van der Waals surface area contributed by atoms with Gasteiger partial charge in [-0.2, -0.15) is 20.1 Å². The fourth-order valence-corrected chi connectivity index (χ4v) is 2.01. The number of nitrogens with two attached hydrogens (primary N) is 1. The fourth-order valence-electron chi connectivity index (χ4n) is 1.33. The minimum atomic E-state index is 0.136. The van der Waals surface area contributed by atoms with Crippen molar-refractivity contribution in [1.82, 2.24) is 34.7 Å². The molecule has 2 N–H and O–H groups in total. The van der Waals surface area contributed by atoms with Gasteiger partial charge >= 0.3 is 0 Å². The molecule has 0 fully saturated rings. The largest absolute Gasteiger partial charge is 0.368 e. The summed E-state index contributed by atoms with van der Waals surface area (Å²) in [6.45, 7) is 0. The Hall–Kier alpha value is -2.55. The van der Waals surface area contributed by atoms with Crippen LogP contribution >= 0.6 is 11.8 Å². The van der Waals surface area contributed by atoms with Crippen molar-refractivity contribution in [3.63, 3.8) is 0 Å². The smallest absolute Gasteiger partial charge is 0.256 e. The van der Waals surface area contributed by atoms with Crippen molar-refractivity contribution in [2.24, 2.45) is 0 Å². The molecular weight excluding hydrogens is 264 g/mol. The van der Waals surface area contributed by atoms with Crippen LogP contribution in [0.3, 0.4) is 0 Å². The first-order valence-electron chi connectivity index (χ1n) is 5.27. The molecule has 0 aliphatic rings. The van der Waals surface area contributed by atoms with E-state index in [1.807, 2.05) is 0 Å². The van der Waals surface area contributed by atoms with Crippen LogP contribution in [0, 0.1) is 0 Å². The van der Waals surface area contributed by atoms with E-state index in [2.05, 4.69) is 30.0 Å². The van der Waals surface area contributed by atoms with Gasteiger partial charge in [-0.05, 0) is 23.9 Å². The Balaban J connectivity index is 1.94. The van der Waals surface area contributed by atoms with Crippen LogP contribution in [0.5, 0.6) is 0 Å². The van der Waals surface area contributed by atoms with Crippen LogP contribution in [0.1, 0.15) is 0 Å². The van der Waals surface area contributed by atoms with E-state index in [9.17, 15) is 0 Å². The Morgan fingerprint density at radius 1 is 1.16 bits per heavy atom. The second-order valence-electron chi connectivity index (χ2n) is 3.38. The van der Waals surface area contributed by atoms with Crippen LogP contribution in [0.15, 0.2) is 47.2 Å². The van der Waals surface area contributed by atoms with Gasteiger partial charge in [0.05, 0.1) is 0 Å². The zero-order valence-electron chi connectivity index (χ0n) is 9.58. The summed E-state index contributed by atoms with van der Waals surface area (Å²) in [6, 6.07) is 3.54. The van der Waals surface area contributed by atoms with Gasteiger partial charge in [0.2, 0.25) is 11.1 Å². The first-order chi connectivity index (χ1) is 9.31. The Morgan fingerprint density at radius 3 is 2.84 bits per heavy atom. The first-order valence-corrected chi connectivity index (χ1v) is 6.08. The molecule has 0 atom stereocenters. The van der Waals surface area contributed by atoms with Crippen molar-refractivity contribution in [2.75, 3.05) is 5.73 Å². The van der Waals surface area contributed by atoms with Crippen molar-refractivity contribution in [1.29, 1.82) is 0 Å². The van der Waals surface area contributed by atoms with Gasteiger partial charge in [0, 0.05) is 18.6 Å². The van der Waals surface area contributed by atoms with E-state index in [0.29, 0.717) is 11.1 Å². The molecule has 0 amide bonds. The zero-order chi connectivity index (χ0) is 13.1. The molecular formula is C10H8N8S. The predicted octanol–water partition coefficient (Wildman–Crippen LogP) is 0.581. The number of hydrogen-bond donors (Lipinski definition) is 1. The summed E-state index contributed by atoms with van der Waals surface area (Å²) in [5.41, 5.74) is 5.67. The lowest BCUT2D eigenvalue weighted by atomic mass is 10.7. The molecule has 0 bridgehead atoms. The molecule has 0 saturated carbocycles. The Bertz CT molecular complexity index is 669. The maximum absolute atomic E-state index is 5.67. The van der Waals surface area contributed by atoms with Crippen LogP contribution in [0.25, 0.3) is 5.95 Å². The molecule has 3 aromatic rings. The lowest BCUT2D eigenvalue weighted by molar-refractivity contribution is 0.764. The first kappa shape index (κ1) is 11.5. The second-order valence-corrected chi connectivity index (χ2v) is 4.36. The van der Waals surface area contributed by atoms with Crippen LogP contribution in [0.2, 0.25) is 0 Å². The molecule has 0 aromatic carbocycles. The fraction of sp³-hybridized carbons (Fsp3) is 0. The van der Waals surface area contributed by atoms with Gasteiger partial charge in [-0.3, -0.25) is 0 Å². The van der Waals surface area contributed by atoms with Gasteiger partial charge in [0.25, 0.3) is 5.95 Å². The third-order valence-corrected chi connectivity index (χ3v) is 2.90. The van der Waals surface area contributed by atoms with E-state index in [1.54, 1.807) is 30.7 Å². The minimum Gasteiger partial charge on any atom is -0.368 e. The standard InChI is InChI=1S/C10H8N8S/c11-8-15-9(18-5-1-3-14-18)17-10(16-8)19-7-2-4-12-6-13-7/h1-6H,(H2,11,15,16,17). The Morgan fingerprint density at radius 2 is 2.11 bits per heavy atom. The van der Waals surface area contributed by atoms with Gasteiger partial charge < -0.3 is 5.73 Å². The molecule has 0 radical (unpaired) electrons. The Labute approximate surface area is 112 Å². The summed E-state index contributed by atoms with van der Waals surface area (Å²) >= 11 is 1.28. The van der Waals surface area contributed by atoms with Crippen molar-refractivity contribution in [3.8, 4) is 5.95 Å². The quantitative estimate of drug-likeness (QED) is 0.690. The van der Waals surface area contributed by atoms with Crippen molar-refractivity contribution >= 4 is 17.7 Å². The third-order valence-electron chi connectivity index (χ3n) is 2.08. The maximum Gasteiger partial charge on any atom is 0.256 e. The van der Waals surface area contributed by atoms with Gasteiger partial charge in [-0.25, -0.2) is 14.6 Å².